The zero-order valence-corrected chi connectivity index (χ0v) is 38.2. The van der Waals surface area contributed by atoms with Crippen molar-refractivity contribution in [3.63, 3.8) is 0 Å². The van der Waals surface area contributed by atoms with Crippen molar-refractivity contribution in [1.82, 2.24) is 9.13 Å². The summed E-state index contributed by atoms with van der Waals surface area (Å²) in [4.78, 5) is 2.44. The quantitative estimate of drug-likeness (QED) is 0.162. The van der Waals surface area contributed by atoms with Gasteiger partial charge in [0.2, 0.25) is 0 Å². The Hall–Kier alpha value is -9.18. The van der Waals surface area contributed by atoms with Crippen molar-refractivity contribution in [2.75, 3.05) is 4.90 Å². The highest BCUT2D eigenvalue weighted by atomic mass is 15.1. The van der Waals surface area contributed by atoms with E-state index in [4.69, 9.17) is 0 Å². The molecule has 2 aliphatic rings. The number of nitrogens with zero attached hydrogens (tertiary/aromatic N) is 3. The van der Waals surface area contributed by atoms with Crippen molar-refractivity contribution in [1.29, 1.82) is 0 Å². The van der Waals surface area contributed by atoms with E-state index in [2.05, 4.69) is 275 Å². The molecule has 0 N–H and O–H groups in total. The third-order valence-electron chi connectivity index (χ3n) is 15.3. The van der Waals surface area contributed by atoms with E-state index in [1.165, 1.54) is 105 Å². The van der Waals surface area contributed by atoms with Gasteiger partial charge < -0.3 is 14.0 Å². The van der Waals surface area contributed by atoms with Gasteiger partial charge in [0, 0.05) is 44.3 Å². The van der Waals surface area contributed by atoms with Crippen LogP contribution in [0.1, 0.15) is 22.3 Å². The second-order valence-corrected chi connectivity index (χ2v) is 18.8. The molecule has 11 aromatic carbocycles. The van der Waals surface area contributed by atoms with Crippen LogP contribution < -0.4 is 4.90 Å². The van der Waals surface area contributed by atoms with Crippen LogP contribution >= 0.6 is 0 Å². The maximum Gasteiger partial charge on any atom is 0.0754 e. The number of para-hydroxylation sites is 5. The van der Waals surface area contributed by atoms with Gasteiger partial charge in [-0.3, -0.25) is 0 Å². The molecule has 70 heavy (non-hydrogen) atoms. The molecule has 13 aromatic rings. The van der Waals surface area contributed by atoms with Crippen LogP contribution in [0.5, 0.6) is 0 Å². The lowest BCUT2D eigenvalue weighted by atomic mass is 9.65. The van der Waals surface area contributed by atoms with Crippen LogP contribution in [-0.2, 0) is 5.41 Å². The molecule has 0 bridgehead atoms. The Morgan fingerprint density at radius 2 is 0.829 bits per heavy atom. The zero-order valence-electron chi connectivity index (χ0n) is 38.2. The lowest BCUT2D eigenvalue weighted by Gasteiger charge is -2.39. The molecule has 0 saturated heterocycles. The van der Waals surface area contributed by atoms with Crippen LogP contribution in [-0.4, -0.2) is 9.13 Å². The molecule has 15 rings (SSSR count). The Kier molecular flexibility index (Phi) is 8.28. The smallest absolute Gasteiger partial charge is 0.0754 e. The number of anilines is 3. The summed E-state index contributed by atoms with van der Waals surface area (Å²) >= 11 is 0. The number of fused-ring (bicyclic) bond motifs is 15. The summed E-state index contributed by atoms with van der Waals surface area (Å²) in [7, 11) is 0. The highest BCUT2D eigenvalue weighted by Crippen LogP contribution is 2.62. The van der Waals surface area contributed by atoms with E-state index in [0.29, 0.717) is 0 Å². The minimum atomic E-state index is -0.529. The molecule has 1 aliphatic heterocycles. The molecule has 2 aromatic heterocycles. The van der Waals surface area contributed by atoms with Crippen LogP contribution in [0.15, 0.2) is 261 Å². The van der Waals surface area contributed by atoms with Gasteiger partial charge in [0.05, 0.1) is 33.2 Å². The standard InChI is InChI=1S/C67H43N3/c1-3-19-44(20-4-1)45-21-15-25-48(41-45)68(50-39-40-63-56(43-50)53-28-9-12-36-61(53)69(63)47-23-5-2-6-24-47)49-26-16-22-46(42-49)51-30-17-34-59-65(51)55-29-7-10-32-57(55)67(59)58-33-11-14-38-64(58)70-62-37-13-8-27-52(62)54-31-18-35-60(67)66(54)70/h1-43H. The van der Waals surface area contributed by atoms with Gasteiger partial charge in [0.25, 0.3) is 0 Å². The molecule has 0 radical (unpaired) electrons. The van der Waals surface area contributed by atoms with Crippen LogP contribution in [0, 0.1) is 0 Å². The summed E-state index contributed by atoms with van der Waals surface area (Å²) in [5.41, 5.74) is 22.6. The van der Waals surface area contributed by atoms with Gasteiger partial charge >= 0.3 is 0 Å². The Bertz CT molecular complexity index is 4250. The lowest BCUT2D eigenvalue weighted by Crippen LogP contribution is -2.33. The van der Waals surface area contributed by atoms with Crippen molar-refractivity contribution in [2.45, 2.75) is 5.41 Å². The molecule has 1 aliphatic carbocycles. The van der Waals surface area contributed by atoms with Gasteiger partial charge in [-0.25, -0.2) is 0 Å². The summed E-state index contributed by atoms with van der Waals surface area (Å²) in [5.74, 6) is 0. The van der Waals surface area contributed by atoms with Crippen molar-refractivity contribution in [2.24, 2.45) is 0 Å². The summed E-state index contributed by atoms with van der Waals surface area (Å²) in [6.45, 7) is 0. The van der Waals surface area contributed by atoms with Crippen LogP contribution in [0.25, 0.3) is 88.4 Å². The van der Waals surface area contributed by atoms with Crippen LogP contribution in [0.3, 0.4) is 0 Å². The number of hydrogen-bond donors (Lipinski definition) is 0. The number of hydrogen-bond acceptors (Lipinski definition) is 1. The normalized spacial score (nSPS) is 14.3. The molecule has 1 unspecified atom stereocenters. The van der Waals surface area contributed by atoms with E-state index in [0.717, 1.165) is 22.7 Å². The molecule has 0 fully saturated rings. The van der Waals surface area contributed by atoms with E-state index in [9.17, 15) is 0 Å². The molecule has 0 amide bonds. The van der Waals surface area contributed by atoms with Gasteiger partial charge in [0.15, 0.2) is 0 Å². The zero-order chi connectivity index (χ0) is 45.9. The molecule has 3 nitrogen and oxygen atoms in total. The first-order valence-corrected chi connectivity index (χ1v) is 24.3. The summed E-state index contributed by atoms with van der Waals surface area (Å²) in [6, 6.07) is 96.6. The van der Waals surface area contributed by atoms with Crippen molar-refractivity contribution in [3.8, 4) is 44.8 Å². The predicted molar refractivity (Wildman–Crippen MR) is 292 cm³/mol. The summed E-state index contributed by atoms with van der Waals surface area (Å²) < 4.78 is 4.91. The van der Waals surface area contributed by atoms with Gasteiger partial charge in [-0.05, 0) is 128 Å². The first-order chi connectivity index (χ1) is 34.8. The average molecular weight is 890 g/mol. The molecule has 0 saturated carbocycles. The van der Waals surface area contributed by atoms with E-state index < -0.39 is 5.41 Å². The Labute approximate surface area is 406 Å². The Morgan fingerprint density at radius 1 is 0.300 bits per heavy atom. The molecule has 326 valence electrons. The second kappa shape index (κ2) is 14.9. The fraction of sp³-hybridized carbons (Fsp3) is 0.0149. The SMILES string of the molecule is c1ccc(-c2cccc(N(c3cccc(-c4cccc5c4-c4ccccc4C54c5ccccc5-n5c6ccccc6c6cccc4c65)c3)c3ccc4c(c3)c3ccccc3n4-c3ccccc3)c2)cc1. The summed E-state index contributed by atoms with van der Waals surface area (Å²) in [6.07, 6.45) is 0. The minimum absolute atomic E-state index is 0.529. The van der Waals surface area contributed by atoms with E-state index in [1.807, 2.05) is 0 Å². The van der Waals surface area contributed by atoms with E-state index in [-0.39, 0.29) is 0 Å². The summed E-state index contributed by atoms with van der Waals surface area (Å²) in [5, 5.41) is 5.00. The van der Waals surface area contributed by atoms with Gasteiger partial charge in [0.1, 0.15) is 0 Å². The average Bonchev–Trinajstić information content (AvgIpc) is 4.06. The molecular weight excluding hydrogens is 847 g/mol. The number of rotatable bonds is 6. The largest absolute Gasteiger partial charge is 0.310 e. The molecule has 3 heteroatoms. The van der Waals surface area contributed by atoms with Crippen molar-refractivity contribution in [3.05, 3.63) is 283 Å². The molecule has 1 atom stereocenters. The maximum absolute atomic E-state index is 2.52. The monoisotopic (exact) mass is 889 g/mol. The number of aromatic nitrogens is 2. The Morgan fingerprint density at radius 3 is 1.64 bits per heavy atom. The molecular formula is C67H43N3. The fourth-order valence-electron chi connectivity index (χ4n) is 12.5. The molecule has 3 heterocycles. The van der Waals surface area contributed by atoms with Crippen LogP contribution in [0.2, 0.25) is 0 Å². The minimum Gasteiger partial charge on any atom is -0.310 e. The third-order valence-corrected chi connectivity index (χ3v) is 15.3. The van der Waals surface area contributed by atoms with Gasteiger partial charge in [-0.2, -0.15) is 0 Å². The number of benzene rings is 11. The third kappa shape index (κ3) is 5.34. The van der Waals surface area contributed by atoms with Crippen LogP contribution in [0.4, 0.5) is 17.1 Å². The van der Waals surface area contributed by atoms with E-state index in [1.54, 1.807) is 0 Å². The van der Waals surface area contributed by atoms with Crippen molar-refractivity contribution >= 4 is 60.7 Å². The maximum atomic E-state index is 2.52. The first kappa shape index (κ1) is 38.9. The predicted octanol–water partition coefficient (Wildman–Crippen LogP) is 17.4. The second-order valence-electron chi connectivity index (χ2n) is 18.8. The Balaban J connectivity index is 0.959. The fourth-order valence-corrected chi connectivity index (χ4v) is 12.5. The first-order valence-electron chi connectivity index (χ1n) is 24.3. The van der Waals surface area contributed by atoms with Gasteiger partial charge in [-0.1, -0.05) is 188 Å². The lowest BCUT2D eigenvalue weighted by molar-refractivity contribution is 0.748. The van der Waals surface area contributed by atoms with Crippen molar-refractivity contribution < 1.29 is 0 Å². The molecule has 1 spiro atoms. The van der Waals surface area contributed by atoms with E-state index >= 15 is 0 Å². The topological polar surface area (TPSA) is 13.1 Å². The van der Waals surface area contributed by atoms with Gasteiger partial charge in [-0.15, -0.1) is 0 Å². The highest BCUT2D eigenvalue weighted by Gasteiger charge is 2.51. The highest BCUT2D eigenvalue weighted by molar-refractivity contribution is 6.14.